The number of hydrogen-bond acceptors (Lipinski definition) is 3. The quantitative estimate of drug-likeness (QED) is 0.839. The van der Waals surface area contributed by atoms with Crippen LogP contribution in [0.1, 0.15) is 24.5 Å². The van der Waals surface area contributed by atoms with E-state index in [0.29, 0.717) is 17.5 Å². The number of aryl methyl sites for hydroxylation is 1. The van der Waals surface area contributed by atoms with Crippen molar-refractivity contribution in [1.29, 1.82) is 0 Å². The van der Waals surface area contributed by atoms with Crippen LogP contribution in [-0.4, -0.2) is 32.5 Å². The Morgan fingerprint density at radius 2 is 2.05 bits per heavy atom. The molecule has 0 radical (unpaired) electrons. The number of hydrogen-bond donors (Lipinski definition) is 2. The normalized spacial score (nSPS) is 12.8. The van der Waals surface area contributed by atoms with Gasteiger partial charge in [-0.25, -0.2) is 17.6 Å². The molecule has 1 rings (SSSR count). The molecule has 5 nitrogen and oxygen atoms in total. The zero-order valence-electron chi connectivity index (χ0n) is 12.4. The Morgan fingerprint density at radius 3 is 2.62 bits per heavy atom. The maximum atomic E-state index is 13.3. The monoisotopic (exact) mass is 316 g/mol. The van der Waals surface area contributed by atoms with E-state index in [4.69, 9.17) is 0 Å². The standard InChI is InChI=1S/C14H21FN2O3S/c1-10-4-5-12(8-13(10)15)9-16-14(18)17-11(2)6-7-21(3,19)20/h4-5,8,11H,6-7,9H2,1-3H3,(H2,16,17,18)/t11-/m1/s1. The molecule has 0 aromatic heterocycles. The number of amides is 2. The van der Waals surface area contributed by atoms with Gasteiger partial charge in [0.1, 0.15) is 15.7 Å². The first-order valence-electron chi connectivity index (χ1n) is 6.64. The topological polar surface area (TPSA) is 75.3 Å². The summed E-state index contributed by atoms with van der Waals surface area (Å²) in [4.78, 5) is 11.6. The first-order chi connectivity index (χ1) is 9.67. The molecule has 2 amide bonds. The van der Waals surface area contributed by atoms with E-state index < -0.39 is 15.9 Å². The number of benzene rings is 1. The van der Waals surface area contributed by atoms with Gasteiger partial charge in [-0.15, -0.1) is 0 Å². The van der Waals surface area contributed by atoms with Crippen LogP contribution in [0.4, 0.5) is 9.18 Å². The van der Waals surface area contributed by atoms with Crippen molar-refractivity contribution >= 4 is 15.9 Å². The highest BCUT2D eigenvalue weighted by Gasteiger charge is 2.10. The lowest BCUT2D eigenvalue weighted by Gasteiger charge is -2.14. The van der Waals surface area contributed by atoms with E-state index in [-0.39, 0.29) is 24.2 Å². The minimum Gasteiger partial charge on any atom is -0.336 e. The Hall–Kier alpha value is -1.63. The van der Waals surface area contributed by atoms with Crippen molar-refractivity contribution in [2.75, 3.05) is 12.0 Å². The second-order valence-corrected chi connectivity index (χ2v) is 7.49. The molecular formula is C14H21FN2O3S. The van der Waals surface area contributed by atoms with Crippen LogP contribution in [0.15, 0.2) is 18.2 Å². The molecule has 1 atom stereocenters. The largest absolute Gasteiger partial charge is 0.336 e. The lowest BCUT2D eigenvalue weighted by atomic mass is 10.1. The fourth-order valence-electron chi connectivity index (χ4n) is 1.67. The van der Waals surface area contributed by atoms with Crippen LogP contribution in [0.3, 0.4) is 0 Å². The van der Waals surface area contributed by atoms with Crippen LogP contribution in [0, 0.1) is 12.7 Å². The highest BCUT2D eigenvalue weighted by Crippen LogP contribution is 2.08. The van der Waals surface area contributed by atoms with Crippen molar-refractivity contribution < 1.29 is 17.6 Å². The maximum absolute atomic E-state index is 13.3. The van der Waals surface area contributed by atoms with E-state index in [1.807, 2.05) is 0 Å². The molecule has 7 heteroatoms. The zero-order chi connectivity index (χ0) is 16.0. The van der Waals surface area contributed by atoms with Gasteiger partial charge < -0.3 is 10.6 Å². The molecule has 1 aromatic rings. The Kier molecular flexibility index (Phi) is 6.14. The minimum absolute atomic E-state index is 0.0254. The molecule has 21 heavy (non-hydrogen) atoms. The number of carbonyl (C=O) groups excluding carboxylic acids is 1. The molecule has 1 aromatic carbocycles. The highest BCUT2D eigenvalue weighted by molar-refractivity contribution is 7.90. The van der Waals surface area contributed by atoms with Crippen molar-refractivity contribution in [3.63, 3.8) is 0 Å². The summed E-state index contributed by atoms with van der Waals surface area (Å²) in [7, 11) is -3.03. The smallest absolute Gasteiger partial charge is 0.315 e. The molecule has 0 aliphatic carbocycles. The van der Waals surface area contributed by atoms with Gasteiger partial charge in [0, 0.05) is 18.8 Å². The molecule has 0 unspecified atom stereocenters. The Balaban J connectivity index is 2.38. The predicted octanol–water partition coefficient (Wildman–Crippen LogP) is 1.76. The number of halogens is 1. The third-order valence-corrected chi connectivity index (χ3v) is 3.97. The zero-order valence-corrected chi connectivity index (χ0v) is 13.3. The van der Waals surface area contributed by atoms with Crippen LogP contribution < -0.4 is 10.6 Å². The molecular weight excluding hydrogens is 295 g/mol. The number of nitrogens with one attached hydrogen (secondary N) is 2. The van der Waals surface area contributed by atoms with E-state index in [9.17, 15) is 17.6 Å². The third kappa shape index (κ3) is 7.08. The molecule has 0 fully saturated rings. The van der Waals surface area contributed by atoms with Gasteiger partial charge >= 0.3 is 6.03 Å². The first-order valence-corrected chi connectivity index (χ1v) is 8.70. The lowest BCUT2D eigenvalue weighted by Crippen LogP contribution is -2.41. The van der Waals surface area contributed by atoms with Gasteiger partial charge in [-0.1, -0.05) is 12.1 Å². The number of carbonyl (C=O) groups is 1. The van der Waals surface area contributed by atoms with Crippen LogP contribution in [-0.2, 0) is 16.4 Å². The summed E-state index contributed by atoms with van der Waals surface area (Å²) >= 11 is 0. The summed E-state index contributed by atoms with van der Waals surface area (Å²) in [5, 5.41) is 5.25. The summed E-state index contributed by atoms with van der Waals surface area (Å²) in [6.07, 6.45) is 1.51. The molecule has 0 aliphatic rings. The average Bonchev–Trinajstić information content (AvgIpc) is 2.37. The molecule has 118 valence electrons. The van der Waals surface area contributed by atoms with Crippen LogP contribution >= 0.6 is 0 Å². The van der Waals surface area contributed by atoms with E-state index in [1.54, 1.807) is 26.0 Å². The molecule has 0 bridgehead atoms. The molecule has 0 spiro atoms. The summed E-state index contributed by atoms with van der Waals surface area (Å²) in [5.74, 6) is -0.284. The number of sulfone groups is 1. The van der Waals surface area contributed by atoms with E-state index in [0.717, 1.165) is 6.26 Å². The SMILES string of the molecule is Cc1ccc(CNC(=O)N[C@H](C)CCS(C)(=O)=O)cc1F. The number of rotatable bonds is 6. The van der Waals surface area contributed by atoms with Crippen molar-refractivity contribution in [3.05, 3.63) is 35.1 Å². The summed E-state index contributed by atoms with van der Waals surface area (Å²) < 4.78 is 35.4. The molecule has 2 N–H and O–H groups in total. The van der Waals surface area contributed by atoms with Crippen LogP contribution in [0.2, 0.25) is 0 Å². The summed E-state index contributed by atoms with van der Waals surface area (Å²) in [6, 6.07) is 4.11. The van der Waals surface area contributed by atoms with Gasteiger partial charge in [0.2, 0.25) is 0 Å². The third-order valence-electron chi connectivity index (χ3n) is 2.99. The second-order valence-electron chi connectivity index (χ2n) is 5.23. The Labute approximate surface area is 124 Å². The maximum Gasteiger partial charge on any atom is 0.315 e. The fourth-order valence-corrected chi connectivity index (χ4v) is 2.45. The van der Waals surface area contributed by atoms with Gasteiger partial charge in [0.25, 0.3) is 0 Å². The van der Waals surface area contributed by atoms with Gasteiger partial charge in [0.15, 0.2) is 0 Å². The molecule has 0 saturated carbocycles. The van der Waals surface area contributed by atoms with Gasteiger partial charge in [-0.2, -0.15) is 0 Å². The summed E-state index contributed by atoms with van der Waals surface area (Å²) in [6.45, 7) is 3.61. The molecule has 0 aliphatic heterocycles. The van der Waals surface area contributed by atoms with Crippen molar-refractivity contribution in [3.8, 4) is 0 Å². The van der Waals surface area contributed by atoms with Crippen molar-refractivity contribution in [1.82, 2.24) is 10.6 Å². The minimum atomic E-state index is -3.03. The predicted molar refractivity (Wildman–Crippen MR) is 80.3 cm³/mol. The van der Waals surface area contributed by atoms with Gasteiger partial charge in [-0.05, 0) is 37.5 Å². The number of urea groups is 1. The Morgan fingerprint density at radius 1 is 1.38 bits per heavy atom. The van der Waals surface area contributed by atoms with Crippen molar-refractivity contribution in [2.45, 2.75) is 32.9 Å². The average molecular weight is 316 g/mol. The second kappa shape index (κ2) is 7.40. The van der Waals surface area contributed by atoms with Gasteiger partial charge in [0.05, 0.1) is 5.75 Å². The van der Waals surface area contributed by atoms with E-state index >= 15 is 0 Å². The van der Waals surface area contributed by atoms with Gasteiger partial charge in [-0.3, -0.25) is 0 Å². The highest BCUT2D eigenvalue weighted by atomic mass is 32.2. The fraction of sp³-hybridized carbons (Fsp3) is 0.500. The van der Waals surface area contributed by atoms with Crippen molar-refractivity contribution in [2.24, 2.45) is 0 Å². The van der Waals surface area contributed by atoms with E-state index in [2.05, 4.69) is 10.6 Å². The molecule has 0 heterocycles. The molecule has 0 saturated heterocycles. The van der Waals surface area contributed by atoms with Crippen LogP contribution in [0.5, 0.6) is 0 Å². The Bertz CT molecular complexity index is 602. The first kappa shape index (κ1) is 17.4. The lowest BCUT2D eigenvalue weighted by molar-refractivity contribution is 0.237. The van der Waals surface area contributed by atoms with E-state index in [1.165, 1.54) is 6.07 Å². The summed E-state index contributed by atoms with van der Waals surface area (Å²) in [5.41, 5.74) is 1.22. The van der Waals surface area contributed by atoms with Crippen LogP contribution in [0.25, 0.3) is 0 Å².